The molecule has 0 spiro atoms. The highest BCUT2D eigenvalue weighted by Crippen LogP contribution is 2.18. The average Bonchev–Trinajstić information content (AvgIpc) is 3.01. The van der Waals surface area contributed by atoms with Crippen LogP contribution in [0.15, 0.2) is 24.3 Å². The largest absolute Gasteiger partial charge is 0.367 e. The standard InChI is InChI=1S/C16H16ClFN6/c1-9-14(18)16(21-10(2)20-9)19-8-7-13-22-15(24-23-13)11-3-5-12(17)6-4-11/h3-6H,7-8H2,1-2H3,(H,19,20,21)(H,22,23,24). The molecule has 3 aromatic rings. The van der Waals surface area contributed by atoms with Crippen molar-refractivity contribution in [3.63, 3.8) is 0 Å². The number of H-pyrrole nitrogens is 1. The fourth-order valence-electron chi connectivity index (χ4n) is 2.25. The lowest BCUT2D eigenvalue weighted by atomic mass is 10.2. The van der Waals surface area contributed by atoms with Crippen LogP contribution in [0.1, 0.15) is 17.3 Å². The van der Waals surface area contributed by atoms with Gasteiger partial charge in [-0.05, 0) is 38.1 Å². The number of hydrogen-bond acceptors (Lipinski definition) is 5. The molecule has 0 saturated heterocycles. The first-order valence-corrected chi connectivity index (χ1v) is 7.82. The Labute approximate surface area is 143 Å². The van der Waals surface area contributed by atoms with Gasteiger partial charge in [0.25, 0.3) is 0 Å². The van der Waals surface area contributed by atoms with Gasteiger partial charge in [0.2, 0.25) is 0 Å². The molecule has 0 amide bonds. The Balaban J connectivity index is 1.63. The number of aromatic amines is 1. The first-order chi connectivity index (χ1) is 11.5. The lowest BCUT2D eigenvalue weighted by Crippen LogP contribution is -2.11. The quantitative estimate of drug-likeness (QED) is 0.740. The molecule has 0 bridgehead atoms. The Kier molecular flexibility index (Phi) is 4.71. The van der Waals surface area contributed by atoms with E-state index >= 15 is 0 Å². The van der Waals surface area contributed by atoms with Crippen LogP contribution in [0.3, 0.4) is 0 Å². The van der Waals surface area contributed by atoms with Gasteiger partial charge in [-0.1, -0.05) is 11.6 Å². The molecule has 24 heavy (non-hydrogen) atoms. The summed E-state index contributed by atoms with van der Waals surface area (Å²) < 4.78 is 13.9. The Morgan fingerprint density at radius 2 is 1.88 bits per heavy atom. The van der Waals surface area contributed by atoms with Crippen LogP contribution in [0.4, 0.5) is 10.2 Å². The van der Waals surface area contributed by atoms with Crippen molar-refractivity contribution in [2.24, 2.45) is 0 Å². The molecule has 1 aromatic carbocycles. The van der Waals surface area contributed by atoms with Crippen molar-refractivity contribution in [1.29, 1.82) is 0 Å². The smallest absolute Gasteiger partial charge is 0.186 e. The van der Waals surface area contributed by atoms with E-state index < -0.39 is 5.82 Å². The summed E-state index contributed by atoms with van der Waals surface area (Å²) in [4.78, 5) is 12.5. The normalized spacial score (nSPS) is 10.8. The zero-order valence-corrected chi connectivity index (χ0v) is 14.0. The Hall–Kier alpha value is -2.54. The number of rotatable bonds is 5. The van der Waals surface area contributed by atoms with E-state index in [0.29, 0.717) is 41.2 Å². The van der Waals surface area contributed by atoms with Gasteiger partial charge in [0, 0.05) is 23.6 Å². The van der Waals surface area contributed by atoms with E-state index in [1.165, 1.54) is 0 Å². The number of halogens is 2. The van der Waals surface area contributed by atoms with E-state index in [0.717, 1.165) is 5.56 Å². The third kappa shape index (κ3) is 3.68. The van der Waals surface area contributed by atoms with Gasteiger partial charge in [0.05, 0.1) is 5.69 Å². The molecular formula is C16H16ClFN6. The van der Waals surface area contributed by atoms with Crippen LogP contribution in [0.25, 0.3) is 11.4 Å². The zero-order chi connectivity index (χ0) is 17.1. The van der Waals surface area contributed by atoms with Crippen molar-refractivity contribution in [2.75, 3.05) is 11.9 Å². The number of hydrogen-bond donors (Lipinski definition) is 2. The van der Waals surface area contributed by atoms with Crippen molar-refractivity contribution in [1.82, 2.24) is 25.1 Å². The lowest BCUT2D eigenvalue weighted by molar-refractivity contribution is 0.602. The first kappa shape index (κ1) is 16.3. The average molecular weight is 347 g/mol. The van der Waals surface area contributed by atoms with Gasteiger partial charge in [-0.25, -0.2) is 19.3 Å². The Bertz CT molecular complexity index is 846. The summed E-state index contributed by atoms with van der Waals surface area (Å²) in [5.74, 6) is 1.61. The van der Waals surface area contributed by atoms with E-state index in [1.54, 1.807) is 26.0 Å². The molecule has 2 N–H and O–H groups in total. The monoisotopic (exact) mass is 346 g/mol. The molecule has 124 valence electrons. The maximum absolute atomic E-state index is 13.9. The fraction of sp³-hybridized carbons (Fsp3) is 0.250. The zero-order valence-electron chi connectivity index (χ0n) is 13.3. The minimum absolute atomic E-state index is 0.206. The van der Waals surface area contributed by atoms with Gasteiger partial charge >= 0.3 is 0 Å². The summed E-state index contributed by atoms with van der Waals surface area (Å²) in [6.45, 7) is 3.82. The summed E-state index contributed by atoms with van der Waals surface area (Å²) >= 11 is 5.87. The van der Waals surface area contributed by atoms with Crippen LogP contribution in [0.2, 0.25) is 5.02 Å². The third-order valence-electron chi connectivity index (χ3n) is 3.42. The highest BCUT2D eigenvalue weighted by Gasteiger charge is 2.10. The molecular weight excluding hydrogens is 331 g/mol. The second-order valence-corrected chi connectivity index (χ2v) is 5.74. The number of aromatic nitrogens is 5. The van der Waals surface area contributed by atoms with Crippen LogP contribution >= 0.6 is 11.6 Å². The molecule has 0 saturated carbocycles. The minimum atomic E-state index is -0.431. The maximum atomic E-state index is 13.9. The Morgan fingerprint density at radius 3 is 2.62 bits per heavy atom. The van der Waals surface area contributed by atoms with Crippen molar-refractivity contribution in [3.05, 3.63) is 52.4 Å². The van der Waals surface area contributed by atoms with Crippen LogP contribution in [-0.4, -0.2) is 31.7 Å². The molecule has 0 aliphatic heterocycles. The third-order valence-corrected chi connectivity index (χ3v) is 3.67. The molecule has 0 radical (unpaired) electrons. The Morgan fingerprint density at radius 1 is 1.12 bits per heavy atom. The molecule has 2 aromatic heterocycles. The van der Waals surface area contributed by atoms with Crippen LogP contribution in [0, 0.1) is 19.7 Å². The van der Waals surface area contributed by atoms with E-state index in [-0.39, 0.29) is 5.82 Å². The number of benzene rings is 1. The fourth-order valence-corrected chi connectivity index (χ4v) is 2.38. The molecule has 0 unspecified atom stereocenters. The molecule has 0 aliphatic carbocycles. The summed E-state index contributed by atoms with van der Waals surface area (Å²) in [6, 6.07) is 7.29. The van der Waals surface area contributed by atoms with E-state index in [2.05, 4.69) is 30.5 Å². The molecule has 2 heterocycles. The SMILES string of the molecule is Cc1nc(C)c(F)c(NCCc2nc(-c3ccc(Cl)cc3)n[nH]2)n1. The second kappa shape index (κ2) is 6.92. The minimum Gasteiger partial charge on any atom is -0.367 e. The maximum Gasteiger partial charge on any atom is 0.186 e. The molecule has 0 fully saturated rings. The highest BCUT2D eigenvalue weighted by atomic mass is 35.5. The topological polar surface area (TPSA) is 79.4 Å². The van der Waals surface area contributed by atoms with Gasteiger partial charge in [0.1, 0.15) is 11.6 Å². The predicted molar refractivity (Wildman–Crippen MR) is 90.5 cm³/mol. The van der Waals surface area contributed by atoms with Crippen molar-refractivity contribution in [2.45, 2.75) is 20.3 Å². The summed E-state index contributed by atoms with van der Waals surface area (Å²) in [6.07, 6.45) is 0.558. The molecule has 3 rings (SSSR count). The van der Waals surface area contributed by atoms with Gasteiger partial charge in [-0.2, -0.15) is 5.10 Å². The number of anilines is 1. The van der Waals surface area contributed by atoms with Crippen LogP contribution in [-0.2, 0) is 6.42 Å². The summed E-state index contributed by atoms with van der Waals surface area (Å²) in [5.41, 5.74) is 1.21. The highest BCUT2D eigenvalue weighted by molar-refractivity contribution is 6.30. The van der Waals surface area contributed by atoms with Crippen LogP contribution < -0.4 is 5.32 Å². The van der Waals surface area contributed by atoms with Gasteiger partial charge < -0.3 is 5.32 Å². The van der Waals surface area contributed by atoms with Crippen LogP contribution in [0.5, 0.6) is 0 Å². The van der Waals surface area contributed by atoms with Crippen molar-refractivity contribution < 1.29 is 4.39 Å². The van der Waals surface area contributed by atoms with Gasteiger partial charge in [-0.3, -0.25) is 5.10 Å². The second-order valence-electron chi connectivity index (χ2n) is 5.31. The molecule has 8 heteroatoms. The number of nitrogens with zero attached hydrogens (tertiary/aromatic N) is 4. The van der Waals surface area contributed by atoms with Crippen molar-refractivity contribution >= 4 is 17.4 Å². The van der Waals surface area contributed by atoms with Gasteiger partial charge in [-0.15, -0.1) is 0 Å². The van der Waals surface area contributed by atoms with E-state index in [9.17, 15) is 4.39 Å². The van der Waals surface area contributed by atoms with E-state index in [4.69, 9.17) is 11.6 Å². The summed E-state index contributed by atoms with van der Waals surface area (Å²) in [7, 11) is 0. The summed E-state index contributed by atoms with van der Waals surface area (Å²) in [5, 5.41) is 10.7. The molecule has 6 nitrogen and oxygen atoms in total. The first-order valence-electron chi connectivity index (χ1n) is 7.45. The van der Waals surface area contributed by atoms with E-state index in [1.807, 2.05) is 12.1 Å². The molecule has 0 atom stereocenters. The van der Waals surface area contributed by atoms with Crippen molar-refractivity contribution in [3.8, 4) is 11.4 Å². The number of nitrogens with one attached hydrogen (secondary N) is 2. The van der Waals surface area contributed by atoms with Gasteiger partial charge in [0.15, 0.2) is 17.5 Å². The lowest BCUT2D eigenvalue weighted by Gasteiger charge is -2.07. The number of aryl methyl sites for hydroxylation is 2. The molecule has 0 aliphatic rings. The predicted octanol–water partition coefficient (Wildman–Crippen LogP) is 3.33.